The summed E-state index contributed by atoms with van der Waals surface area (Å²) < 4.78 is 4.39. The number of carboxylic acid groups (broad SMARTS) is 1. The van der Waals surface area contributed by atoms with Crippen LogP contribution in [0.3, 0.4) is 0 Å². The molecule has 0 amide bonds. The van der Waals surface area contributed by atoms with Crippen LogP contribution < -0.4 is 11.5 Å². The Kier molecular flexibility index (Phi) is 4.97. The molecule has 0 rings (SSSR count). The number of rotatable bonds is 5. The molecule has 0 saturated carbocycles. The van der Waals surface area contributed by atoms with Crippen LogP contribution in [0.25, 0.3) is 0 Å². The maximum Gasteiger partial charge on any atom is 0.325 e. The second-order valence-electron chi connectivity index (χ2n) is 2.36. The molecule has 7 nitrogen and oxygen atoms in total. The maximum absolute atomic E-state index is 10.7. The average Bonchev–Trinajstić information content (AvgIpc) is 2.11. The molecule has 2 atom stereocenters. The number of ether oxygens (including phenoxy) is 1. The lowest BCUT2D eigenvalue weighted by atomic mass is 10.3. The molecule has 0 heterocycles. The highest BCUT2D eigenvalue weighted by Gasteiger charge is 2.18. The highest BCUT2D eigenvalue weighted by molar-refractivity contribution is 5.77. The predicted molar refractivity (Wildman–Crippen MR) is 41.6 cm³/mol. The van der Waals surface area contributed by atoms with E-state index in [1.54, 1.807) is 0 Å². The molecule has 0 aromatic heterocycles. The summed E-state index contributed by atoms with van der Waals surface area (Å²) in [6.45, 7) is -1.01. The summed E-state index contributed by atoms with van der Waals surface area (Å²) in [5.41, 5.74) is 10.1. The summed E-state index contributed by atoms with van der Waals surface area (Å²) in [7, 11) is 0. The van der Waals surface area contributed by atoms with Crippen LogP contribution in [0.2, 0.25) is 0 Å². The smallest absolute Gasteiger partial charge is 0.325 e. The molecular weight excluding hydrogens is 180 g/mol. The molecule has 0 fully saturated rings. The van der Waals surface area contributed by atoms with Crippen molar-refractivity contribution in [3.63, 3.8) is 0 Å². The van der Waals surface area contributed by atoms with E-state index in [0.29, 0.717) is 0 Å². The Labute approximate surface area is 74.3 Å². The molecule has 0 spiro atoms. The first-order valence-corrected chi connectivity index (χ1v) is 3.50. The van der Waals surface area contributed by atoms with Gasteiger partial charge in [0, 0.05) is 0 Å². The van der Waals surface area contributed by atoms with E-state index >= 15 is 0 Å². The maximum atomic E-state index is 10.7. The van der Waals surface area contributed by atoms with Gasteiger partial charge < -0.3 is 26.4 Å². The molecule has 0 aromatic carbocycles. The third-order valence-electron chi connectivity index (χ3n) is 1.22. The van der Waals surface area contributed by atoms with Crippen LogP contribution in [0.5, 0.6) is 0 Å². The normalized spacial score (nSPS) is 14.7. The van der Waals surface area contributed by atoms with Crippen LogP contribution in [-0.4, -0.2) is 47.4 Å². The topological polar surface area (TPSA) is 136 Å². The molecule has 0 bridgehead atoms. The quantitative estimate of drug-likeness (QED) is 0.347. The second-order valence-corrected chi connectivity index (χ2v) is 2.36. The molecule has 0 aliphatic rings. The molecule has 0 radical (unpaired) electrons. The van der Waals surface area contributed by atoms with E-state index in [2.05, 4.69) is 4.74 Å². The minimum atomic E-state index is -1.27. The van der Waals surface area contributed by atoms with Crippen LogP contribution >= 0.6 is 0 Å². The van der Waals surface area contributed by atoms with Crippen molar-refractivity contribution in [3.8, 4) is 0 Å². The van der Waals surface area contributed by atoms with Crippen molar-refractivity contribution in [1.29, 1.82) is 0 Å². The molecule has 6 N–H and O–H groups in total. The molecule has 76 valence electrons. The van der Waals surface area contributed by atoms with E-state index in [9.17, 15) is 9.59 Å². The fourth-order valence-electron chi connectivity index (χ4n) is 0.425. The van der Waals surface area contributed by atoms with Gasteiger partial charge in [-0.3, -0.25) is 9.59 Å². The van der Waals surface area contributed by atoms with Crippen LogP contribution in [0, 0.1) is 0 Å². The standard InChI is InChI=1S/C6H12N2O5/c7-3(1-9)6(12)13-2-4(8)5(10)11/h3-4,9H,1-2,7-8H2,(H,10,11)/t3-,4-/m0/s1. The molecular formula is C6H12N2O5. The van der Waals surface area contributed by atoms with Gasteiger partial charge in [-0.05, 0) is 0 Å². The minimum Gasteiger partial charge on any atom is -0.480 e. The van der Waals surface area contributed by atoms with Gasteiger partial charge in [0.2, 0.25) is 0 Å². The van der Waals surface area contributed by atoms with Gasteiger partial charge >= 0.3 is 11.9 Å². The minimum absolute atomic E-state index is 0.456. The lowest BCUT2D eigenvalue weighted by molar-refractivity contribution is -0.149. The van der Waals surface area contributed by atoms with Crippen molar-refractivity contribution in [2.45, 2.75) is 12.1 Å². The van der Waals surface area contributed by atoms with Crippen molar-refractivity contribution in [3.05, 3.63) is 0 Å². The summed E-state index contributed by atoms with van der Waals surface area (Å²) in [5.74, 6) is -2.15. The lowest BCUT2D eigenvalue weighted by Crippen LogP contribution is -2.40. The molecule has 0 unspecified atom stereocenters. The summed E-state index contributed by atoms with van der Waals surface area (Å²) >= 11 is 0. The first-order valence-electron chi connectivity index (χ1n) is 3.50. The van der Waals surface area contributed by atoms with Crippen molar-refractivity contribution < 1.29 is 24.5 Å². The van der Waals surface area contributed by atoms with E-state index in [-0.39, 0.29) is 0 Å². The molecule has 0 saturated heterocycles. The van der Waals surface area contributed by atoms with Crippen molar-refractivity contribution in [1.82, 2.24) is 0 Å². The van der Waals surface area contributed by atoms with E-state index in [1.165, 1.54) is 0 Å². The largest absolute Gasteiger partial charge is 0.480 e. The van der Waals surface area contributed by atoms with E-state index in [1.807, 2.05) is 0 Å². The van der Waals surface area contributed by atoms with E-state index in [0.717, 1.165) is 0 Å². The highest BCUT2D eigenvalue weighted by atomic mass is 16.5. The Morgan fingerprint density at radius 2 is 1.85 bits per heavy atom. The Balaban J connectivity index is 3.76. The molecule has 13 heavy (non-hydrogen) atoms. The summed E-state index contributed by atoms with van der Waals surface area (Å²) in [4.78, 5) is 20.9. The Morgan fingerprint density at radius 1 is 1.31 bits per heavy atom. The summed E-state index contributed by atoms with van der Waals surface area (Å²) in [6.07, 6.45) is 0. The van der Waals surface area contributed by atoms with Gasteiger partial charge in [0.15, 0.2) is 0 Å². The number of hydrogen-bond acceptors (Lipinski definition) is 6. The fraction of sp³-hybridized carbons (Fsp3) is 0.667. The summed E-state index contributed by atoms with van der Waals surface area (Å²) in [6, 6.07) is -2.42. The van der Waals surface area contributed by atoms with Gasteiger partial charge in [-0.25, -0.2) is 0 Å². The number of carbonyl (C=O) groups is 2. The molecule has 0 aliphatic carbocycles. The Hall–Kier alpha value is -1.18. The fourth-order valence-corrected chi connectivity index (χ4v) is 0.425. The number of hydrogen-bond donors (Lipinski definition) is 4. The predicted octanol–water partition coefficient (Wildman–Crippen LogP) is -2.74. The Bertz CT molecular complexity index is 195. The van der Waals surface area contributed by atoms with Crippen LogP contribution in [0.4, 0.5) is 0 Å². The van der Waals surface area contributed by atoms with Crippen LogP contribution in [0.15, 0.2) is 0 Å². The third kappa shape index (κ3) is 4.41. The van der Waals surface area contributed by atoms with Gasteiger partial charge in [0.1, 0.15) is 18.7 Å². The van der Waals surface area contributed by atoms with Crippen molar-refractivity contribution in [2.24, 2.45) is 11.5 Å². The van der Waals surface area contributed by atoms with Gasteiger partial charge in [-0.1, -0.05) is 0 Å². The first-order chi connectivity index (χ1) is 5.99. The SMILES string of the molecule is N[C@@H](COC(=O)[C@@H](N)CO)C(=O)O. The highest BCUT2D eigenvalue weighted by Crippen LogP contribution is 1.87. The zero-order chi connectivity index (χ0) is 10.4. The lowest BCUT2D eigenvalue weighted by Gasteiger charge is -2.10. The number of aliphatic hydroxyl groups is 1. The second kappa shape index (κ2) is 5.46. The van der Waals surface area contributed by atoms with E-state index in [4.69, 9.17) is 21.7 Å². The number of nitrogens with two attached hydrogens (primary N) is 2. The zero-order valence-electron chi connectivity index (χ0n) is 6.84. The average molecular weight is 192 g/mol. The zero-order valence-corrected chi connectivity index (χ0v) is 6.84. The number of aliphatic hydroxyl groups excluding tert-OH is 1. The Morgan fingerprint density at radius 3 is 2.23 bits per heavy atom. The molecule has 0 aliphatic heterocycles. The summed E-state index contributed by atoms with van der Waals surface area (Å²) in [5, 5.41) is 16.7. The molecule has 0 aromatic rings. The first kappa shape index (κ1) is 11.8. The van der Waals surface area contributed by atoms with Gasteiger partial charge in [0.05, 0.1) is 6.61 Å². The number of carboxylic acids is 1. The number of esters is 1. The number of carbonyl (C=O) groups excluding carboxylic acids is 1. The van der Waals surface area contributed by atoms with Gasteiger partial charge in [-0.2, -0.15) is 0 Å². The van der Waals surface area contributed by atoms with Gasteiger partial charge in [0.25, 0.3) is 0 Å². The number of aliphatic carboxylic acids is 1. The third-order valence-corrected chi connectivity index (χ3v) is 1.22. The monoisotopic (exact) mass is 192 g/mol. The van der Waals surface area contributed by atoms with Crippen molar-refractivity contribution >= 4 is 11.9 Å². The van der Waals surface area contributed by atoms with Crippen LogP contribution in [0.1, 0.15) is 0 Å². The molecule has 7 heteroatoms. The van der Waals surface area contributed by atoms with Gasteiger partial charge in [-0.15, -0.1) is 0 Å². The van der Waals surface area contributed by atoms with Crippen molar-refractivity contribution in [2.75, 3.05) is 13.2 Å². The van der Waals surface area contributed by atoms with E-state index < -0.39 is 37.2 Å². The van der Waals surface area contributed by atoms with Crippen LogP contribution in [-0.2, 0) is 14.3 Å².